The molecule has 1 saturated carbocycles. The summed E-state index contributed by atoms with van der Waals surface area (Å²) in [4.78, 5) is 0. The van der Waals surface area contributed by atoms with E-state index >= 15 is 0 Å². The summed E-state index contributed by atoms with van der Waals surface area (Å²) >= 11 is 0. The van der Waals surface area contributed by atoms with Crippen LogP contribution in [0.15, 0.2) is 0 Å². The minimum Gasteiger partial charge on any atom is -0.313 e. The van der Waals surface area contributed by atoms with Gasteiger partial charge in [-0.1, -0.05) is 0 Å². The summed E-state index contributed by atoms with van der Waals surface area (Å²) in [5.74, 6) is 0. The van der Waals surface area contributed by atoms with E-state index in [9.17, 15) is 8.42 Å². The normalized spacial score (nSPS) is 27.2. The van der Waals surface area contributed by atoms with E-state index in [0.29, 0.717) is 19.1 Å². The number of rotatable bonds is 5. The monoisotopic (exact) mass is 260 g/mol. The summed E-state index contributed by atoms with van der Waals surface area (Å²) < 4.78 is 26.6. The maximum Gasteiger partial charge on any atom is 0.218 e. The lowest BCUT2D eigenvalue weighted by Gasteiger charge is -2.33. The van der Waals surface area contributed by atoms with E-state index < -0.39 is 10.0 Å². The molecule has 1 aliphatic carbocycles. The van der Waals surface area contributed by atoms with Crippen LogP contribution < -0.4 is 5.32 Å². The Hall–Kier alpha value is -0.130. The van der Waals surface area contributed by atoms with Gasteiger partial charge >= 0.3 is 0 Å². The van der Waals surface area contributed by atoms with Crippen molar-refractivity contribution in [2.24, 2.45) is 0 Å². The lowest BCUT2D eigenvalue weighted by Crippen LogP contribution is -2.48. The van der Waals surface area contributed by atoms with Crippen molar-refractivity contribution in [1.82, 2.24) is 9.62 Å². The van der Waals surface area contributed by atoms with Gasteiger partial charge in [0.1, 0.15) is 0 Å². The largest absolute Gasteiger partial charge is 0.313 e. The molecule has 2 aliphatic rings. The lowest BCUT2D eigenvalue weighted by atomic mass is 10.0. The maximum absolute atomic E-state index is 12.5. The van der Waals surface area contributed by atoms with Crippen molar-refractivity contribution in [1.29, 1.82) is 0 Å². The predicted octanol–water partition coefficient (Wildman–Crippen LogP) is 1.33. The highest BCUT2D eigenvalue weighted by atomic mass is 32.2. The first-order valence-corrected chi connectivity index (χ1v) is 8.09. The van der Waals surface area contributed by atoms with Crippen molar-refractivity contribution in [3.05, 3.63) is 0 Å². The zero-order chi connectivity index (χ0) is 12.7. The zero-order valence-corrected chi connectivity index (χ0v) is 11.9. The van der Waals surface area contributed by atoms with Gasteiger partial charge in [0.2, 0.25) is 10.0 Å². The van der Waals surface area contributed by atoms with Crippen LogP contribution in [0.3, 0.4) is 0 Å². The van der Waals surface area contributed by atoms with Crippen LogP contribution in [0.4, 0.5) is 0 Å². The molecule has 1 saturated heterocycles. The number of hydrogen-bond donors (Lipinski definition) is 1. The standard InChI is InChI=1S/C12H24N2O2S/c1-10(9-13-11-5-6-11)17(15,16)14-8-4-7-12(14,2)3/h10-11,13H,4-9H2,1-3H3. The van der Waals surface area contributed by atoms with Crippen molar-refractivity contribution in [3.8, 4) is 0 Å². The van der Waals surface area contributed by atoms with Crippen LogP contribution >= 0.6 is 0 Å². The van der Waals surface area contributed by atoms with Crippen molar-refractivity contribution in [3.63, 3.8) is 0 Å². The second-order valence-electron chi connectivity index (χ2n) is 6.03. The Morgan fingerprint density at radius 3 is 2.53 bits per heavy atom. The van der Waals surface area contributed by atoms with E-state index in [1.165, 1.54) is 12.8 Å². The Balaban J connectivity index is 2.00. The smallest absolute Gasteiger partial charge is 0.218 e. The van der Waals surface area contributed by atoms with Crippen LogP contribution in [0.2, 0.25) is 0 Å². The molecule has 2 fully saturated rings. The van der Waals surface area contributed by atoms with Gasteiger partial charge in [0, 0.05) is 24.7 Å². The minimum absolute atomic E-state index is 0.202. The number of hydrogen-bond acceptors (Lipinski definition) is 3. The molecule has 5 heteroatoms. The maximum atomic E-state index is 12.5. The summed E-state index contributed by atoms with van der Waals surface area (Å²) in [6.07, 6.45) is 4.34. The van der Waals surface area contributed by atoms with Crippen molar-refractivity contribution in [2.75, 3.05) is 13.1 Å². The third-order valence-electron chi connectivity index (χ3n) is 3.91. The van der Waals surface area contributed by atoms with Gasteiger partial charge in [0.25, 0.3) is 0 Å². The van der Waals surface area contributed by atoms with E-state index in [0.717, 1.165) is 12.8 Å². The van der Waals surface area contributed by atoms with Crippen molar-refractivity contribution in [2.45, 2.75) is 63.3 Å². The van der Waals surface area contributed by atoms with Gasteiger partial charge in [-0.25, -0.2) is 8.42 Å². The second kappa shape index (κ2) is 4.52. The number of sulfonamides is 1. The summed E-state index contributed by atoms with van der Waals surface area (Å²) in [5, 5.41) is 2.99. The lowest BCUT2D eigenvalue weighted by molar-refractivity contribution is 0.288. The van der Waals surface area contributed by atoms with Crippen LogP contribution in [-0.4, -0.2) is 42.6 Å². The molecule has 2 rings (SSSR count). The molecule has 0 spiro atoms. The summed E-state index contributed by atoms with van der Waals surface area (Å²) in [5.41, 5.74) is -0.202. The number of nitrogens with zero attached hydrogens (tertiary/aromatic N) is 1. The molecule has 1 unspecified atom stereocenters. The molecular weight excluding hydrogens is 236 g/mol. The van der Waals surface area contributed by atoms with E-state index in [2.05, 4.69) is 5.32 Å². The molecule has 0 aromatic heterocycles. The molecule has 0 amide bonds. The van der Waals surface area contributed by atoms with Gasteiger partial charge in [-0.05, 0) is 46.5 Å². The van der Waals surface area contributed by atoms with Gasteiger partial charge in [-0.3, -0.25) is 0 Å². The Bertz CT molecular complexity index is 374. The van der Waals surface area contributed by atoms with Crippen LogP contribution in [0.1, 0.15) is 46.5 Å². The molecule has 1 N–H and O–H groups in total. The van der Waals surface area contributed by atoms with E-state index in [4.69, 9.17) is 0 Å². The second-order valence-corrected chi connectivity index (χ2v) is 8.30. The Labute approximate surface area is 105 Å². The molecule has 100 valence electrons. The van der Waals surface area contributed by atoms with E-state index in [-0.39, 0.29) is 10.8 Å². The molecule has 0 bridgehead atoms. The average Bonchev–Trinajstić information content (AvgIpc) is 2.98. The third kappa shape index (κ3) is 2.83. The van der Waals surface area contributed by atoms with Gasteiger partial charge in [0.05, 0.1) is 5.25 Å². The molecule has 1 aliphatic heterocycles. The molecule has 0 aromatic rings. The highest BCUT2D eigenvalue weighted by Crippen LogP contribution is 2.32. The third-order valence-corrected chi connectivity index (χ3v) is 6.39. The highest BCUT2D eigenvalue weighted by Gasteiger charge is 2.42. The molecule has 4 nitrogen and oxygen atoms in total. The molecule has 1 heterocycles. The SMILES string of the molecule is CC(CNC1CC1)S(=O)(=O)N1CCCC1(C)C. The fraction of sp³-hybridized carbons (Fsp3) is 1.00. The average molecular weight is 260 g/mol. The van der Waals surface area contributed by atoms with E-state index in [1.807, 2.05) is 20.8 Å². The van der Waals surface area contributed by atoms with Crippen LogP contribution in [0.5, 0.6) is 0 Å². The molecular formula is C12H24N2O2S. The fourth-order valence-electron chi connectivity index (χ4n) is 2.50. The Morgan fingerprint density at radius 2 is 2.06 bits per heavy atom. The first kappa shape index (κ1) is 13.3. The minimum atomic E-state index is -3.14. The number of nitrogens with one attached hydrogen (secondary N) is 1. The first-order valence-electron chi connectivity index (χ1n) is 6.59. The molecule has 17 heavy (non-hydrogen) atoms. The Morgan fingerprint density at radius 1 is 1.41 bits per heavy atom. The summed E-state index contributed by atoms with van der Waals surface area (Å²) in [7, 11) is -3.14. The quantitative estimate of drug-likeness (QED) is 0.811. The summed E-state index contributed by atoms with van der Waals surface area (Å²) in [6, 6.07) is 0.569. The van der Waals surface area contributed by atoms with Crippen LogP contribution in [0, 0.1) is 0 Å². The molecule has 0 aromatic carbocycles. The molecule has 1 atom stereocenters. The van der Waals surface area contributed by atoms with Gasteiger partial charge in [0.15, 0.2) is 0 Å². The van der Waals surface area contributed by atoms with Gasteiger partial charge in [-0.15, -0.1) is 0 Å². The first-order chi connectivity index (χ1) is 7.84. The van der Waals surface area contributed by atoms with Crippen LogP contribution in [0.25, 0.3) is 0 Å². The van der Waals surface area contributed by atoms with Gasteiger partial charge < -0.3 is 5.32 Å². The van der Waals surface area contributed by atoms with Crippen LogP contribution in [-0.2, 0) is 10.0 Å². The highest BCUT2D eigenvalue weighted by molar-refractivity contribution is 7.89. The Kier molecular flexibility index (Phi) is 3.54. The zero-order valence-electron chi connectivity index (χ0n) is 11.1. The summed E-state index contributed by atoms with van der Waals surface area (Å²) in [6.45, 7) is 7.14. The predicted molar refractivity (Wildman–Crippen MR) is 69.4 cm³/mol. The molecule has 0 radical (unpaired) electrons. The van der Waals surface area contributed by atoms with Gasteiger partial charge in [-0.2, -0.15) is 4.31 Å². The fourth-order valence-corrected chi connectivity index (χ4v) is 4.40. The topological polar surface area (TPSA) is 49.4 Å². The van der Waals surface area contributed by atoms with Crippen molar-refractivity contribution < 1.29 is 8.42 Å². The van der Waals surface area contributed by atoms with Crippen molar-refractivity contribution >= 4 is 10.0 Å². The van der Waals surface area contributed by atoms with E-state index in [1.54, 1.807) is 4.31 Å².